The van der Waals surface area contributed by atoms with E-state index in [9.17, 15) is 14.0 Å². The number of hydrogen-bond acceptors (Lipinski definition) is 3. The van der Waals surface area contributed by atoms with E-state index in [0.717, 1.165) is 16.9 Å². The van der Waals surface area contributed by atoms with E-state index in [0.29, 0.717) is 24.1 Å². The average molecular weight is 305 g/mol. The molecule has 0 unspecified atom stereocenters. The molecule has 4 nitrogen and oxygen atoms in total. The lowest BCUT2D eigenvalue weighted by Gasteiger charge is -2.29. The van der Waals surface area contributed by atoms with Gasteiger partial charge in [-0.2, -0.15) is 0 Å². The van der Waals surface area contributed by atoms with E-state index in [1.807, 2.05) is 0 Å². The lowest BCUT2D eigenvalue weighted by molar-refractivity contribution is -0.119. The van der Waals surface area contributed by atoms with Crippen molar-refractivity contribution >= 4 is 28.9 Å². The van der Waals surface area contributed by atoms with Crippen LogP contribution in [0.1, 0.15) is 27.2 Å². The number of aryl methyl sites for hydroxylation is 1. The number of amides is 1. The second-order valence-electron chi connectivity index (χ2n) is 4.83. The minimum Gasteiger partial charge on any atom is -0.477 e. The Labute approximate surface area is 124 Å². The predicted molar refractivity (Wildman–Crippen MR) is 77.2 cm³/mol. The number of carboxylic acid groups (broad SMARTS) is 1. The first-order valence-corrected chi connectivity index (χ1v) is 7.32. The fourth-order valence-electron chi connectivity index (χ4n) is 2.52. The molecule has 1 N–H and O–H groups in total. The summed E-state index contributed by atoms with van der Waals surface area (Å²) in [7, 11) is 0. The second kappa shape index (κ2) is 5.29. The van der Waals surface area contributed by atoms with Crippen LogP contribution in [-0.4, -0.2) is 17.0 Å². The maximum absolute atomic E-state index is 13.3. The maximum atomic E-state index is 13.3. The summed E-state index contributed by atoms with van der Waals surface area (Å²) in [6.45, 7) is 0.197. The third-order valence-electron chi connectivity index (χ3n) is 3.51. The molecule has 0 aliphatic carbocycles. The van der Waals surface area contributed by atoms with E-state index in [-0.39, 0.29) is 23.1 Å². The van der Waals surface area contributed by atoms with Crippen molar-refractivity contribution in [3.05, 3.63) is 51.5 Å². The van der Waals surface area contributed by atoms with Gasteiger partial charge in [0.05, 0.1) is 6.54 Å². The molecular formula is C15H12FNO3S. The Morgan fingerprint density at radius 2 is 2.14 bits per heavy atom. The molecule has 0 saturated heterocycles. The van der Waals surface area contributed by atoms with Crippen LogP contribution < -0.4 is 4.90 Å². The topological polar surface area (TPSA) is 57.6 Å². The van der Waals surface area contributed by atoms with Crippen molar-refractivity contribution < 1.29 is 19.1 Å². The van der Waals surface area contributed by atoms with Gasteiger partial charge >= 0.3 is 5.97 Å². The number of anilines is 1. The number of halogens is 1. The van der Waals surface area contributed by atoms with Crippen molar-refractivity contribution in [1.29, 1.82) is 0 Å². The third-order valence-corrected chi connectivity index (χ3v) is 4.46. The molecule has 1 amide bonds. The van der Waals surface area contributed by atoms with Crippen LogP contribution in [0.4, 0.5) is 10.1 Å². The van der Waals surface area contributed by atoms with Crippen LogP contribution in [0.25, 0.3) is 0 Å². The Morgan fingerprint density at radius 1 is 1.33 bits per heavy atom. The number of rotatable bonds is 3. The van der Waals surface area contributed by atoms with Gasteiger partial charge in [-0.05, 0) is 47.2 Å². The van der Waals surface area contributed by atoms with E-state index >= 15 is 0 Å². The SMILES string of the molecule is O=C(O)c1sccc1CN1C(=O)CCc2cc(F)ccc21. The van der Waals surface area contributed by atoms with Crippen LogP contribution in [0.15, 0.2) is 29.6 Å². The van der Waals surface area contributed by atoms with Gasteiger partial charge < -0.3 is 10.0 Å². The van der Waals surface area contributed by atoms with Gasteiger partial charge in [0.2, 0.25) is 5.91 Å². The molecule has 0 spiro atoms. The monoisotopic (exact) mass is 305 g/mol. The first-order chi connectivity index (χ1) is 10.1. The number of aromatic carboxylic acids is 1. The molecule has 0 radical (unpaired) electrons. The van der Waals surface area contributed by atoms with Crippen molar-refractivity contribution in [2.75, 3.05) is 4.90 Å². The maximum Gasteiger partial charge on any atom is 0.346 e. The molecule has 108 valence electrons. The summed E-state index contributed by atoms with van der Waals surface area (Å²) in [5.74, 6) is -1.40. The third kappa shape index (κ3) is 2.54. The van der Waals surface area contributed by atoms with Crippen LogP contribution in [0.3, 0.4) is 0 Å². The van der Waals surface area contributed by atoms with Crippen LogP contribution >= 0.6 is 11.3 Å². The summed E-state index contributed by atoms with van der Waals surface area (Å²) in [6, 6.07) is 6.03. The number of thiophene rings is 1. The molecule has 21 heavy (non-hydrogen) atoms. The highest BCUT2D eigenvalue weighted by Gasteiger charge is 2.26. The van der Waals surface area contributed by atoms with E-state index < -0.39 is 5.97 Å². The van der Waals surface area contributed by atoms with Crippen LogP contribution in [0.2, 0.25) is 0 Å². The van der Waals surface area contributed by atoms with E-state index in [1.165, 1.54) is 17.0 Å². The van der Waals surface area contributed by atoms with Crippen LogP contribution in [-0.2, 0) is 17.8 Å². The molecule has 1 aliphatic rings. The van der Waals surface area contributed by atoms with Crippen molar-refractivity contribution in [2.45, 2.75) is 19.4 Å². The van der Waals surface area contributed by atoms with Crippen molar-refractivity contribution in [1.82, 2.24) is 0 Å². The smallest absolute Gasteiger partial charge is 0.346 e. The molecule has 1 aromatic carbocycles. The van der Waals surface area contributed by atoms with Crippen molar-refractivity contribution in [3.8, 4) is 0 Å². The molecule has 2 aromatic rings. The highest BCUT2D eigenvalue weighted by atomic mass is 32.1. The fraction of sp³-hybridized carbons (Fsp3) is 0.200. The van der Waals surface area contributed by atoms with Crippen molar-refractivity contribution in [3.63, 3.8) is 0 Å². The average Bonchev–Trinajstić information content (AvgIpc) is 2.90. The molecule has 0 atom stereocenters. The minimum absolute atomic E-state index is 0.0725. The van der Waals surface area contributed by atoms with Crippen LogP contribution in [0.5, 0.6) is 0 Å². The zero-order chi connectivity index (χ0) is 15.0. The van der Waals surface area contributed by atoms with Gasteiger partial charge in [-0.1, -0.05) is 0 Å². The Hall–Kier alpha value is -2.21. The standard InChI is InChI=1S/C15H12FNO3S/c16-11-2-3-12-9(7-11)1-4-13(18)17(12)8-10-5-6-21-14(10)15(19)20/h2-3,5-7H,1,4,8H2,(H,19,20). The predicted octanol–water partition coefficient (Wildman–Crippen LogP) is 3.06. The summed E-state index contributed by atoms with van der Waals surface area (Å²) < 4.78 is 13.3. The molecule has 0 bridgehead atoms. The van der Waals surface area contributed by atoms with Gasteiger partial charge in [0.25, 0.3) is 0 Å². The van der Waals surface area contributed by atoms with Gasteiger partial charge in [-0.15, -0.1) is 11.3 Å². The van der Waals surface area contributed by atoms with Gasteiger partial charge in [0.15, 0.2) is 0 Å². The number of hydrogen-bond donors (Lipinski definition) is 1. The highest BCUT2D eigenvalue weighted by Crippen LogP contribution is 2.31. The summed E-state index contributed by atoms with van der Waals surface area (Å²) in [5.41, 5.74) is 2.04. The Balaban J connectivity index is 1.97. The quantitative estimate of drug-likeness (QED) is 0.948. The van der Waals surface area contributed by atoms with E-state index in [4.69, 9.17) is 5.11 Å². The Morgan fingerprint density at radius 3 is 2.90 bits per heavy atom. The van der Waals surface area contributed by atoms with Crippen molar-refractivity contribution in [2.24, 2.45) is 0 Å². The first-order valence-electron chi connectivity index (χ1n) is 6.44. The lowest BCUT2D eigenvalue weighted by atomic mass is 10.0. The molecule has 3 rings (SSSR count). The van der Waals surface area contributed by atoms with Gasteiger partial charge in [0, 0.05) is 12.1 Å². The first kappa shape index (κ1) is 13.8. The normalized spacial score (nSPS) is 14.1. The highest BCUT2D eigenvalue weighted by molar-refractivity contribution is 7.12. The largest absolute Gasteiger partial charge is 0.477 e. The molecule has 1 aromatic heterocycles. The summed E-state index contributed by atoms with van der Waals surface area (Å²) in [4.78, 5) is 25.1. The molecular weight excluding hydrogens is 293 g/mol. The van der Waals surface area contributed by atoms with Crippen LogP contribution in [0, 0.1) is 5.82 Å². The van der Waals surface area contributed by atoms with Gasteiger partial charge in [0.1, 0.15) is 10.7 Å². The summed E-state index contributed by atoms with van der Waals surface area (Å²) in [5, 5.41) is 10.8. The fourth-order valence-corrected chi connectivity index (χ4v) is 3.27. The molecule has 0 saturated carbocycles. The Bertz CT molecular complexity index is 725. The molecule has 1 aliphatic heterocycles. The lowest BCUT2D eigenvalue weighted by Crippen LogP contribution is -2.34. The summed E-state index contributed by atoms with van der Waals surface area (Å²) in [6.07, 6.45) is 0.820. The number of fused-ring (bicyclic) bond motifs is 1. The number of nitrogens with zero attached hydrogens (tertiary/aromatic N) is 1. The van der Waals surface area contributed by atoms with E-state index in [2.05, 4.69) is 0 Å². The van der Waals surface area contributed by atoms with E-state index in [1.54, 1.807) is 17.5 Å². The van der Waals surface area contributed by atoms with Gasteiger partial charge in [-0.3, -0.25) is 4.79 Å². The van der Waals surface area contributed by atoms with Gasteiger partial charge in [-0.25, -0.2) is 9.18 Å². The number of carbonyl (C=O) groups is 2. The zero-order valence-electron chi connectivity index (χ0n) is 11.0. The molecule has 2 heterocycles. The molecule has 6 heteroatoms. The minimum atomic E-state index is -0.996. The number of carbonyl (C=O) groups excluding carboxylic acids is 1. The molecule has 0 fully saturated rings. The number of carboxylic acids is 1. The Kier molecular flexibility index (Phi) is 3.47. The summed E-state index contributed by atoms with van der Waals surface area (Å²) >= 11 is 1.13. The number of benzene rings is 1. The second-order valence-corrected chi connectivity index (χ2v) is 5.75. The zero-order valence-corrected chi connectivity index (χ0v) is 11.8.